The highest BCUT2D eigenvalue weighted by Crippen LogP contribution is 2.24. The molecule has 3 amide bonds. The summed E-state index contributed by atoms with van der Waals surface area (Å²) in [6, 6.07) is 7.06. The van der Waals surface area contributed by atoms with Gasteiger partial charge in [-0.25, -0.2) is 0 Å². The molecule has 3 rings (SSSR count). The van der Waals surface area contributed by atoms with Gasteiger partial charge >= 0.3 is 0 Å². The number of thioether (sulfide) groups is 1. The molecule has 1 aromatic carbocycles. The predicted molar refractivity (Wildman–Crippen MR) is 95.8 cm³/mol. The number of carbonyl (C=O) groups excluding carboxylic acids is 3. The average Bonchev–Trinajstić information content (AvgIpc) is 3.18. The summed E-state index contributed by atoms with van der Waals surface area (Å²) in [5.74, 6) is 0.0854. The van der Waals surface area contributed by atoms with E-state index >= 15 is 0 Å². The van der Waals surface area contributed by atoms with Gasteiger partial charge in [-0.05, 0) is 37.1 Å². The molecule has 1 atom stereocenters. The normalized spacial score (nSPS) is 20.0. The van der Waals surface area contributed by atoms with Crippen molar-refractivity contribution in [1.29, 1.82) is 0 Å². The largest absolute Gasteiger partial charge is 0.484 e. The van der Waals surface area contributed by atoms with Crippen LogP contribution in [-0.4, -0.2) is 41.3 Å². The van der Waals surface area contributed by atoms with Gasteiger partial charge in [0.1, 0.15) is 5.75 Å². The number of anilines is 1. The molecule has 0 spiro atoms. The van der Waals surface area contributed by atoms with Crippen LogP contribution in [0.2, 0.25) is 0 Å². The Kier molecular flexibility index (Phi) is 5.37. The highest BCUT2D eigenvalue weighted by molar-refractivity contribution is 8.15. The van der Waals surface area contributed by atoms with Crippen molar-refractivity contribution in [2.24, 2.45) is 4.99 Å². The van der Waals surface area contributed by atoms with Gasteiger partial charge in [0, 0.05) is 18.7 Å². The Hall–Kier alpha value is -2.35. The molecule has 0 aliphatic carbocycles. The summed E-state index contributed by atoms with van der Waals surface area (Å²) >= 11 is 1.26. The second-order valence-electron chi connectivity index (χ2n) is 5.75. The molecule has 0 radical (unpaired) electrons. The molecular formula is C17H19N3O4S. The number of amidine groups is 1. The van der Waals surface area contributed by atoms with E-state index in [0.29, 0.717) is 23.8 Å². The Bertz CT molecular complexity index is 717. The maximum Gasteiger partial charge on any atom is 0.263 e. The van der Waals surface area contributed by atoms with Crippen LogP contribution >= 0.6 is 11.8 Å². The van der Waals surface area contributed by atoms with Crippen LogP contribution in [0.15, 0.2) is 29.3 Å². The molecule has 2 aliphatic heterocycles. The van der Waals surface area contributed by atoms with E-state index in [0.717, 1.165) is 18.7 Å². The van der Waals surface area contributed by atoms with Crippen LogP contribution in [0.5, 0.6) is 5.75 Å². The highest BCUT2D eigenvalue weighted by Gasteiger charge is 2.27. The molecule has 0 unspecified atom stereocenters. The quantitative estimate of drug-likeness (QED) is 0.863. The van der Waals surface area contributed by atoms with Crippen LogP contribution in [0, 0.1) is 0 Å². The molecule has 2 heterocycles. The highest BCUT2D eigenvalue weighted by atomic mass is 32.2. The van der Waals surface area contributed by atoms with Gasteiger partial charge in [0.2, 0.25) is 5.91 Å². The fourth-order valence-electron chi connectivity index (χ4n) is 2.65. The van der Waals surface area contributed by atoms with Gasteiger partial charge in [0.15, 0.2) is 11.8 Å². The summed E-state index contributed by atoms with van der Waals surface area (Å²) in [6.07, 6.45) is 2.14. The molecule has 1 N–H and O–H groups in total. The Labute approximate surface area is 149 Å². The lowest BCUT2D eigenvalue weighted by Crippen LogP contribution is -2.32. The molecule has 1 fully saturated rings. The molecule has 0 saturated carbocycles. The number of hydrogen-bond donors (Lipinski definition) is 1. The van der Waals surface area contributed by atoms with Crippen molar-refractivity contribution in [1.82, 2.24) is 5.32 Å². The van der Waals surface area contributed by atoms with Gasteiger partial charge < -0.3 is 15.0 Å². The second-order valence-corrected chi connectivity index (χ2v) is 6.94. The van der Waals surface area contributed by atoms with Crippen molar-refractivity contribution in [3.8, 4) is 5.75 Å². The van der Waals surface area contributed by atoms with Crippen LogP contribution in [0.4, 0.5) is 5.69 Å². The summed E-state index contributed by atoms with van der Waals surface area (Å²) in [5.41, 5.74) is 0.833. The van der Waals surface area contributed by atoms with Gasteiger partial charge in [-0.15, -0.1) is 0 Å². The van der Waals surface area contributed by atoms with Crippen LogP contribution in [-0.2, 0) is 14.4 Å². The monoisotopic (exact) mass is 361 g/mol. The molecule has 0 aromatic heterocycles. The van der Waals surface area contributed by atoms with Crippen molar-refractivity contribution < 1.29 is 19.1 Å². The van der Waals surface area contributed by atoms with E-state index in [1.807, 2.05) is 6.92 Å². The lowest BCUT2D eigenvalue weighted by atomic mass is 10.3. The van der Waals surface area contributed by atoms with E-state index in [2.05, 4.69) is 10.3 Å². The van der Waals surface area contributed by atoms with Crippen LogP contribution in [0.1, 0.15) is 26.2 Å². The number of nitrogens with zero attached hydrogens (tertiary/aromatic N) is 2. The standard InChI is InChI=1S/C17H19N3O4S/c1-2-13-16(23)19-17(25-13)18-14(21)10-24-12-7-5-11(6-8-12)20-9-3-4-15(20)22/h5-8,13H,2-4,9-10H2,1H3,(H,18,19,21,23)/t13-/m1/s1. The SMILES string of the molecule is CC[C@H]1SC(NC(=O)COc2ccc(N3CCCC3=O)cc2)=NC1=O. The van der Waals surface area contributed by atoms with Crippen molar-refractivity contribution in [2.75, 3.05) is 18.1 Å². The summed E-state index contributed by atoms with van der Waals surface area (Å²) in [4.78, 5) is 40.7. The second kappa shape index (κ2) is 7.69. The fraction of sp³-hybridized carbons (Fsp3) is 0.412. The number of ether oxygens (including phenoxy) is 1. The lowest BCUT2D eigenvalue weighted by Gasteiger charge is -2.16. The molecule has 1 aromatic rings. The molecule has 2 aliphatic rings. The molecule has 1 saturated heterocycles. The van der Waals surface area contributed by atoms with Gasteiger partial charge in [0.05, 0.1) is 5.25 Å². The van der Waals surface area contributed by atoms with Crippen LogP contribution < -0.4 is 15.0 Å². The van der Waals surface area contributed by atoms with E-state index in [9.17, 15) is 14.4 Å². The molecular weight excluding hydrogens is 342 g/mol. The molecule has 25 heavy (non-hydrogen) atoms. The van der Waals surface area contributed by atoms with E-state index in [1.54, 1.807) is 29.2 Å². The number of hydrogen-bond acceptors (Lipinski definition) is 5. The first-order valence-corrected chi connectivity index (χ1v) is 9.07. The topological polar surface area (TPSA) is 88.1 Å². The van der Waals surface area contributed by atoms with E-state index in [1.165, 1.54) is 11.8 Å². The van der Waals surface area contributed by atoms with Crippen molar-refractivity contribution in [3.05, 3.63) is 24.3 Å². The lowest BCUT2D eigenvalue weighted by molar-refractivity contribution is -0.121. The van der Waals surface area contributed by atoms with Crippen LogP contribution in [0.25, 0.3) is 0 Å². The van der Waals surface area contributed by atoms with Gasteiger partial charge in [0.25, 0.3) is 11.8 Å². The molecule has 0 bridgehead atoms. The zero-order chi connectivity index (χ0) is 17.8. The average molecular weight is 361 g/mol. The third-order valence-electron chi connectivity index (χ3n) is 3.95. The van der Waals surface area contributed by atoms with E-state index in [-0.39, 0.29) is 29.6 Å². The zero-order valence-corrected chi connectivity index (χ0v) is 14.7. The first kappa shape index (κ1) is 17.5. The first-order chi connectivity index (χ1) is 12.1. The fourth-order valence-corrected chi connectivity index (χ4v) is 3.55. The maximum absolute atomic E-state index is 11.9. The van der Waals surface area contributed by atoms with E-state index in [4.69, 9.17) is 4.74 Å². The summed E-state index contributed by atoms with van der Waals surface area (Å²) in [7, 11) is 0. The number of aliphatic imine (C=N–C) groups is 1. The Morgan fingerprint density at radius 3 is 2.72 bits per heavy atom. The Morgan fingerprint density at radius 2 is 2.12 bits per heavy atom. The summed E-state index contributed by atoms with van der Waals surface area (Å²) in [5, 5.41) is 2.70. The third-order valence-corrected chi connectivity index (χ3v) is 5.19. The number of carbonyl (C=O) groups is 3. The number of amides is 3. The van der Waals surface area contributed by atoms with Gasteiger partial charge in [-0.3, -0.25) is 14.4 Å². The van der Waals surface area contributed by atoms with Crippen molar-refractivity contribution >= 4 is 40.3 Å². The van der Waals surface area contributed by atoms with Crippen molar-refractivity contribution in [2.45, 2.75) is 31.4 Å². The minimum Gasteiger partial charge on any atom is -0.484 e. The summed E-state index contributed by atoms with van der Waals surface area (Å²) < 4.78 is 5.44. The molecule has 132 valence electrons. The molecule has 7 nitrogen and oxygen atoms in total. The predicted octanol–water partition coefficient (Wildman–Crippen LogP) is 1.72. The Balaban J connectivity index is 1.48. The Morgan fingerprint density at radius 1 is 1.36 bits per heavy atom. The summed E-state index contributed by atoms with van der Waals surface area (Å²) in [6.45, 7) is 2.46. The smallest absolute Gasteiger partial charge is 0.263 e. The van der Waals surface area contributed by atoms with Crippen LogP contribution in [0.3, 0.4) is 0 Å². The maximum atomic E-state index is 11.9. The van der Waals surface area contributed by atoms with E-state index < -0.39 is 0 Å². The zero-order valence-electron chi connectivity index (χ0n) is 13.9. The number of nitrogens with one attached hydrogen (secondary N) is 1. The van der Waals surface area contributed by atoms with Crippen molar-refractivity contribution in [3.63, 3.8) is 0 Å². The number of benzene rings is 1. The van der Waals surface area contributed by atoms with Gasteiger partial charge in [-0.1, -0.05) is 18.7 Å². The minimum atomic E-state index is -0.366. The number of rotatable bonds is 5. The first-order valence-electron chi connectivity index (χ1n) is 8.19. The minimum absolute atomic E-state index is 0.128. The third kappa shape index (κ3) is 4.19. The molecule has 8 heteroatoms. The van der Waals surface area contributed by atoms with Gasteiger partial charge in [-0.2, -0.15) is 4.99 Å².